The van der Waals surface area contributed by atoms with E-state index in [1.807, 2.05) is 25.2 Å². The van der Waals surface area contributed by atoms with Crippen LogP contribution in [-0.4, -0.2) is 118 Å². The number of benzene rings is 1. The first-order valence-corrected chi connectivity index (χ1v) is 14.6. The largest absolute Gasteiger partial charge is 0.490 e. The van der Waals surface area contributed by atoms with Crippen LogP contribution < -0.4 is 22.1 Å². The van der Waals surface area contributed by atoms with Gasteiger partial charge in [-0.05, 0) is 77.0 Å². The fourth-order valence-electron chi connectivity index (χ4n) is 4.97. The molecule has 0 spiro atoms. The molecule has 16 heteroatoms. The molecule has 0 radical (unpaired) electrons. The molecule has 2 aliphatic rings. The molecule has 0 saturated carbocycles. The molecule has 2 aliphatic heterocycles. The van der Waals surface area contributed by atoms with Crippen molar-refractivity contribution in [3.8, 4) is 5.69 Å². The molecular formula is C29H41F3N8O5. The normalized spacial score (nSPS) is 16.5. The number of likely N-dealkylation sites (tertiary alicyclic amines) is 1. The Labute approximate surface area is 259 Å². The third kappa shape index (κ3) is 10.5. The Hall–Kier alpha value is -4.02. The van der Waals surface area contributed by atoms with Crippen LogP contribution in [0.25, 0.3) is 5.69 Å². The van der Waals surface area contributed by atoms with Gasteiger partial charge in [0.25, 0.3) is 0 Å². The van der Waals surface area contributed by atoms with Gasteiger partial charge in [-0.1, -0.05) is 12.1 Å². The van der Waals surface area contributed by atoms with Gasteiger partial charge < -0.3 is 30.9 Å². The predicted molar refractivity (Wildman–Crippen MR) is 161 cm³/mol. The summed E-state index contributed by atoms with van der Waals surface area (Å²) in [5.41, 5.74) is 6.41. The standard InChI is InChI=1S/C27H40N8O3.C2HF3O2/c1-27(2,28)24(36)33-15-17-34(18-16-33)25(37)30-23-10-14-35(26(38)31-23)22-6-4-5-20(19-22)7-11-32-12-8-21(29-3)9-13-32;3-2(4,5)1(6)7/h4-6,10,14,19,21,29H,7-9,11-13,15-18,28H2,1-3H3,(H,30,31,37,38);(H,6,7). The minimum Gasteiger partial charge on any atom is -0.475 e. The smallest absolute Gasteiger partial charge is 0.475 e. The molecule has 0 bridgehead atoms. The summed E-state index contributed by atoms with van der Waals surface area (Å²) >= 11 is 0. The van der Waals surface area contributed by atoms with Crippen LogP contribution in [0, 0.1) is 0 Å². The summed E-state index contributed by atoms with van der Waals surface area (Å²) in [7, 11) is 2.03. The van der Waals surface area contributed by atoms with Crippen molar-refractivity contribution in [3.05, 3.63) is 52.6 Å². The first-order valence-electron chi connectivity index (χ1n) is 14.6. The molecule has 2 fully saturated rings. The zero-order valence-electron chi connectivity index (χ0n) is 25.6. The number of carbonyl (C=O) groups excluding carboxylic acids is 2. The fourth-order valence-corrected chi connectivity index (χ4v) is 4.97. The molecule has 1 aromatic carbocycles. The number of aromatic nitrogens is 2. The highest BCUT2D eigenvalue weighted by atomic mass is 19.4. The van der Waals surface area contributed by atoms with E-state index in [2.05, 4.69) is 26.6 Å². The van der Waals surface area contributed by atoms with Gasteiger partial charge in [-0.3, -0.25) is 14.7 Å². The molecule has 0 aliphatic carbocycles. The van der Waals surface area contributed by atoms with Crippen molar-refractivity contribution in [2.45, 2.75) is 50.9 Å². The number of carbonyl (C=O) groups is 3. The van der Waals surface area contributed by atoms with Crippen molar-refractivity contribution < 1.29 is 32.7 Å². The van der Waals surface area contributed by atoms with E-state index in [0.29, 0.717) is 32.2 Å². The molecule has 13 nitrogen and oxygen atoms in total. The summed E-state index contributed by atoms with van der Waals surface area (Å²) in [6, 6.07) is 9.82. The number of carboxylic acids is 1. The quantitative estimate of drug-likeness (QED) is 0.352. The molecule has 4 rings (SSSR count). The maximum Gasteiger partial charge on any atom is 0.490 e. The van der Waals surface area contributed by atoms with Crippen molar-refractivity contribution in [1.82, 2.24) is 29.6 Å². The van der Waals surface area contributed by atoms with E-state index in [4.69, 9.17) is 15.6 Å². The third-order valence-electron chi connectivity index (χ3n) is 7.59. The number of urea groups is 1. The van der Waals surface area contributed by atoms with Crippen LogP contribution in [0.1, 0.15) is 32.3 Å². The number of carboxylic acid groups (broad SMARTS) is 1. The van der Waals surface area contributed by atoms with Crippen LogP contribution in [-0.2, 0) is 16.0 Å². The Kier molecular flexibility index (Phi) is 12.1. The van der Waals surface area contributed by atoms with Crippen molar-refractivity contribution >= 4 is 23.7 Å². The number of hydrogen-bond acceptors (Lipinski definition) is 8. The van der Waals surface area contributed by atoms with Gasteiger partial charge in [-0.25, -0.2) is 14.4 Å². The Morgan fingerprint density at radius 3 is 2.16 bits per heavy atom. The number of alkyl halides is 3. The van der Waals surface area contributed by atoms with E-state index in [1.165, 1.54) is 17.4 Å². The van der Waals surface area contributed by atoms with Crippen molar-refractivity contribution in [3.63, 3.8) is 0 Å². The summed E-state index contributed by atoms with van der Waals surface area (Å²) in [6.45, 7) is 8.11. The number of piperazine rings is 1. The van der Waals surface area contributed by atoms with Gasteiger partial charge >= 0.3 is 23.9 Å². The van der Waals surface area contributed by atoms with Crippen LogP contribution in [0.5, 0.6) is 0 Å². The lowest BCUT2D eigenvalue weighted by atomic mass is 10.0. The van der Waals surface area contributed by atoms with Gasteiger partial charge in [0.1, 0.15) is 5.82 Å². The van der Waals surface area contributed by atoms with E-state index in [0.717, 1.165) is 37.3 Å². The Morgan fingerprint density at radius 1 is 1.02 bits per heavy atom. The monoisotopic (exact) mass is 638 g/mol. The number of hydrogen-bond donors (Lipinski definition) is 4. The third-order valence-corrected chi connectivity index (χ3v) is 7.59. The fraction of sp³-hybridized carbons (Fsp3) is 0.552. The number of nitrogens with two attached hydrogens (primary N) is 1. The maximum atomic E-state index is 12.8. The van der Waals surface area contributed by atoms with Crippen LogP contribution in [0.3, 0.4) is 0 Å². The van der Waals surface area contributed by atoms with Gasteiger partial charge in [-0.15, -0.1) is 0 Å². The van der Waals surface area contributed by atoms with E-state index >= 15 is 0 Å². The second-order valence-corrected chi connectivity index (χ2v) is 11.5. The van der Waals surface area contributed by atoms with Crippen LogP contribution in [0.15, 0.2) is 41.3 Å². The number of nitrogens with zero attached hydrogens (tertiary/aromatic N) is 5. The van der Waals surface area contributed by atoms with E-state index in [9.17, 15) is 27.6 Å². The number of nitrogens with one attached hydrogen (secondary N) is 2. The predicted octanol–water partition coefficient (Wildman–Crippen LogP) is 1.51. The molecule has 1 aromatic heterocycles. The molecule has 3 amide bonds. The van der Waals surface area contributed by atoms with E-state index in [1.54, 1.807) is 35.9 Å². The summed E-state index contributed by atoms with van der Waals surface area (Å²) in [5.74, 6) is -2.70. The molecule has 5 N–H and O–H groups in total. The van der Waals surface area contributed by atoms with Gasteiger partial charge in [0.15, 0.2) is 0 Å². The second kappa shape index (κ2) is 15.3. The van der Waals surface area contributed by atoms with Crippen LogP contribution in [0.2, 0.25) is 0 Å². The number of aliphatic carboxylic acids is 1. The Morgan fingerprint density at radius 2 is 1.62 bits per heavy atom. The molecule has 0 unspecified atom stereocenters. The number of anilines is 1. The molecule has 0 atom stereocenters. The zero-order valence-corrected chi connectivity index (χ0v) is 25.6. The highest BCUT2D eigenvalue weighted by Gasteiger charge is 2.38. The molecule has 3 heterocycles. The lowest BCUT2D eigenvalue weighted by Gasteiger charge is -2.37. The van der Waals surface area contributed by atoms with Crippen LogP contribution >= 0.6 is 0 Å². The van der Waals surface area contributed by atoms with Gasteiger partial charge in [0.05, 0.1) is 11.2 Å². The molecule has 248 valence electrons. The number of piperidine rings is 1. The number of amides is 3. The maximum absolute atomic E-state index is 12.8. The number of halogens is 3. The first-order chi connectivity index (χ1) is 21.1. The van der Waals surface area contributed by atoms with Crippen molar-refractivity contribution in [2.75, 3.05) is 58.2 Å². The molecule has 45 heavy (non-hydrogen) atoms. The lowest BCUT2D eigenvalue weighted by Crippen LogP contribution is -2.58. The minimum absolute atomic E-state index is 0.138. The van der Waals surface area contributed by atoms with Gasteiger partial charge in [0.2, 0.25) is 5.91 Å². The van der Waals surface area contributed by atoms with Crippen molar-refractivity contribution in [1.29, 1.82) is 0 Å². The summed E-state index contributed by atoms with van der Waals surface area (Å²) in [6.07, 6.45) is -0.200. The lowest BCUT2D eigenvalue weighted by molar-refractivity contribution is -0.192. The van der Waals surface area contributed by atoms with E-state index in [-0.39, 0.29) is 17.8 Å². The highest BCUT2D eigenvalue weighted by Crippen LogP contribution is 2.15. The number of rotatable bonds is 7. The molecule has 2 saturated heterocycles. The SMILES string of the molecule is CNC1CCN(CCc2cccc(-n3ccc(NC(=O)N4CCN(C(=O)C(C)(C)N)CC4)nc3=O)c2)CC1.O=C(O)C(F)(F)F. The van der Waals surface area contributed by atoms with Crippen LogP contribution in [0.4, 0.5) is 23.8 Å². The highest BCUT2D eigenvalue weighted by molar-refractivity contribution is 5.89. The molecular weight excluding hydrogens is 597 g/mol. The summed E-state index contributed by atoms with van der Waals surface area (Å²) < 4.78 is 33.2. The Bertz CT molecular complexity index is 1380. The van der Waals surface area contributed by atoms with E-state index < -0.39 is 23.4 Å². The summed E-state index contributed by atoms with van der Waals surface area (Å²) in [4.78, 5) is 56.6. The minimum atomic E-state index is -5.08. The second-order valence-electron chi connectivity index (χ2n) is 11.5. The topological polar surface area (TPSA) is 166 Å². The Balaban J connectivity index is 0.000000707. The average molecular weight is 639 g/mol. The van der Waals surface area contributed by atoms with Crippen molar-refractivity contribution in [2.24, 2.45) is 5.73 Å². The average Bonchev–Trinajstić information content (AvgIpc) is 2.99. The van der Waals surface area contributed by atoms with Gasteiger partial charge in [-0.2, -0.15) is 18.2 Å². The first kappa shape index (κ1) is 35.5. The summed E-state index contributed by atoms with van der Waals surface area (Å²) in [5, 5.41) is 13.2. The zero-order chi connectivity index (χ0) is 33.4. The molecule has 2 aromatic rings. The van der Waals surface area contributed by atoms with Gasteiger partial charge in [0, 0.05) is 45.0 Å².